The highest BCUT2D eigenvalue weighted by Crippen LogP contribution is 2.44. The van der Waals surface area contributed by atoms with Crippen LogP contribution in [0.5, 0.6) is 11.5 Å². The van der Waals surface area contributed by atoms with E-state index in [2.05, 4.69) is 17.4 Å². The molecule has 1 unspecified atom stereocenters. The number of carbonyl (C=O) groups excluding carboxylic acids is 1. The van der Waals surface area contributed by atoms with Crippen molar-refractivity contribution >= 4 is 12.1 Å². The number of aliphatic carboxylic acids is 1. The highest BCUT2D eigenvalue weighted by molar-refractivity contribution is 5.79. The molecule has 33 heavy (non-hydrogen) atoms. The van der Waals surface area contributed by atoms with Crippen LogP contribution in [-0.2, 0) is 9.53 Å². The van der Waals surface area contributed by atoms with E-state index in [0.29, 0.717) is 17.1 Å². The SMILES string of the molecule is COc1ccc(OC)c(C(CC(=O)O)NC(=O)OCC2c3ccccc3-c3ccccc32)c1. The highest BCUT2D eigenvalue weighted by Gasteiger charge is 2.30. The van der Waals surface area contributed by atoms with Gasteiger partial charge < -0.3 is 24.6 Å². The monoisotopic (exact) mass is 447 g/mol. The minimum atomic E-state index is -1.07. The number of ether oxygens (including phenoxy) is 3. The van der Waals surface area contributed by atoms with Gasteiger partial charge in [-0.2, -0.15) is 0 Å². The van der Waals surface area contributed by atoms with Crippen molar-refractivity contribution in [3.8, 4) is 22.6 Å². The van der Waals surface area contributed by atoms with E-state index in [-0.39, 0.29) is 18.9 Å². The Morgan fingerprint density at radius 1 is 0.939 bits per heavy atom. The second-order valence-corrected chi connectivity index (χ2v) is 7.73. The first-order chi connectivity index (χ1) is 16.0. The van der Waals surface area contributed by atoms with Crippen LogP contribution >= 0.6 is 0 Å². The third-order valence-corrected chi connectivity index (χ3v) is 5.83. The van der Waals surface area contributed by atoms with Crippen LogP contribution in [0.3, 0.4) is 0 Å². The summed E-state index contributed by atoms with van der Waals surface area (Å²) in [6.07, 6.45) is -1.04. The molecular weight excluding hydrogens is 422 g/mol. The minimum absolute atomic E-state index is 0.0903. The maximum Gasteiger partial charge on any atom is 0.407 e. The van der Waals surface area contributed by atoms with Gasteiger partial charge in [-0.3, -0.25) is 4.79 Å². The minimum Gasteiger partial charge on any atom is -0.497 e. The molecule has 0 saturated carbocycles. The average Bonchev–Trinajstić information content (AvgIpc) is 3.15. The van der Waals surface area contributed by atoms with Crippen molar-refractivity contribution in [3.05, 3.63) is 83.4 Å². The summed E-state index contributed by atoms with van der Waals surface area (Å²) in [6, 6.07) is 20.3. The first kappa shape index (κ1) is 22.2. The van der Waals surface area contributed by atoms with Gasteiger partial charge in [-0.15, -0.1) is 0 Å². The van der Waals surface area contributed by atoms with Gasteiger partial charge in [0.1, 0.15) is 18.1 Å². The van der Waals surface area contributed by atoms with Crippen LogP contribution in [-0.4, -0.2) is 38.0 Å². The zero-order chi connectivity index (χ0) is 23.4. The lowest BCUT2D eigenvalue weighted by atomic mass is 9.98. The molecular formula is C26H25NO6. The van der Waals surface area contributed by atoms with Gasteiger partial charge in [0, 0.05) is 11.5 Å². The second-order valence-electron chi connectivity index (χ2n) is 7.73. The van der Waals surface area contributed by atoms with Crippen LogP contribution in [0.1, 0.15) is 35.1 Å². The number of rotatable bonds is 8. The Hall–Kier alpha value is -4.00. The van der Waals surface area contributed by atoms with Crippen molar-refractivity contribution in [3.63, 3.8) is 0 Å². The Morgan fingerprint density at radius 2 is 1.58 bits per heavy atom. The number of fused-ring (bicyclic) bond motifs is 3. The molecule has 1 aliphatic carbocycles. The highest BCUT2D eigenvalue weighted by atomic mass is 16.5. The summed E-state index contributed by atoms with van der Waals surface area (Å²) < 4.78 is 16.2. The summed E-state index contributed by atoms with van der Waals surface area (Å²) in [6.45, 7) is 0.134. The summed E-state index contributed by atoms with van der Waals surface area (Å²) in [7, 11) is 2.99. The number of hydrogen-bond acceptors (Lipinski definition) is 5. The summed E-state index contributed by atoms with van der Waals surface area (Å²) in [5.41, 5.74) is 4.96. The van der Waals surface area contributed by atoms with E-state index in [9.17, 15) is 14.7 Å². The molecule has 0 bridgehead atoms. The number of carbonyl (C=O) groups is 2. The van der Waals surface area contributed by atoms with Crippen molar-refractivity contribution < 1.29 is 28.9 Å². The van der Waals surface area contributed by atoms with E-state index < -0.39 is 18.1 Å². The lowest BCUT2D eigenvalue weighted by Gasteiger charge is -2.21. The number of nitrogens with one attached hydrogen (secondary N) is 1. The van der Waals surface area contributed by atoms with Crippen molar-refractivity contribution in [1.29, 1.82) is 0 Å². The van der Waals surface area contributed by atoms with Gasteiger partial charge in [0.15, 0.2) is 0 Å². The predicted molar refractivity (Wildman–Crippen MR) is 123 cm³/mol. The van der Waals surface area contributed by atoms with Crippen LogP contribution in [0.4, 0.5) is 4.79 Å². The quantitative estimate of drug-likeness (QED) is 0.517. The molecule has 0 saturated heterocycles. The van der Waals surface area contributed by atoms with E-state index in [1.165, 1.54) is 14.2 Å². The Labute approximate surface area is 191 Å². The lowest BCUT2D eigenvalue weighted by Crippen LogP contribution is -2.32. The topological polar surface area (TPSA) is 94.1 Å². The molecule has 4 rings (SSSR count). The Kier molecular flexibility index (Phi) is 6.49. The van der Waals surface area contributed by atoms with Crippen LogP contribution < -0.4 is 14.8 Å². The Bertz CT molecular complexity index is 1130. The largest absolute Gasteiger partial charge is 0.497 e. The lowest BCUT2D eigenvalue weighted by molar-refractivity contribution is -0.137. The molecule has 0 aromatic heterocycles. The molecule has 0 radical (unpaired) electrons. The first-order valence-corrected chi connectivity index (χ1v) is 10.6. The molecule has 170 valence electrons. The smallest absolute Gasteiger partial charge is 0.407 e. The van der Waals surface area contributed by atoms with Crippen molar-refractivity contribution in [1.82, 2.24) is 5.32 Å². The normalized spacial score (nSPS) is 12.9. The number of benzene rings is 3. The molecule has 2 N–H and O–H groups in total. The summed E-state index contributed by atoms with van der Waals surface area (Å²) >= 11 is 0. The van der Waals surface area contributed by atoms with E-state index in [1.54, 1.807) is 18.2 Å². The predicted octanol–water partition coefficient (Wildman–Crippen LogP) is 4.76. The number of methoxy groups -OCH3 is 2. The fourth-order valence-corrected chi connectivity index (χ4v) is 4.31. The zero-order valence-electron chi connectivity index (χ0n) is 18.4. The Balaban J connectivity index is 1.52. The molecule has 0 aliphatic heterocycles. The van der Waals surface area contributed by atoms with Gasteiger partial charge in [-0.1, -0.05) is 48.5 Å². The van der Waals surface area contributed by atoms with E-state index in [0.717, 1.165) is 22.3 Å². The molecule has 0 heterocycles. The van der Waals surface area contributed by atoms with Crippen molar-refractivity contribution in [2.75, 3.05) is 20.8 Å². The molecule has 0 spiro atoms. The zero-order valence-corrected chi connectivity index (χ0v) is 18.4. The molecule has 7 nitrogen and oxygen atoms in total. The number of carboxylic acid groups (broad SMARTS) is 1. The van der Waals surface area contributed by atoms with Gasteiger partial charge in [0.2, 0.25) is 0 Å². The van der Waals surface area contributed by atoms with Crippen LogP contribution in [0.15, 0.2) is 66.7 Å². The number of hydrogen-bond donors (Lipinski definition) is 2. The van der Waals surface area contributed by atoms with Gasteiger partial charge in [0.05, 0.1) is 26.7 Å². The molecule has 0 fully saturated rings. The molecule has 1 amide bonds. The van der Waals surface area contributed by atoms with Gasteiger partial charge >= 0.3 is 12.1 Å². The van der Waals surface area contributed by atoms with Crippen molar-refractivity contribution in [2.24, 2.45) is 0 Å². The van der Waals surface area contributed by atoms with Gasteiger partial charge in [-0.25, -0.2) is 4.79 Å². The van der Waals surface area contributed by atoms with Gasteiger partial charge in [-0.05, 0) is 40.5 Å². The van der Waals surface area contributed by atoms with Crippen molar-refractivity contribution in [2.45, 2.75) is 18.4 Å². The Morgan fingerprint density at radius 3 is 2.15 bits per heavy atom. The molecule has 3 aromatic rings. The van der Waals surface area contributed by atoms with Gasteiger partial charge in [0.25, 0.3) is 0 Å². The second kappa shape index (κ2) is 9.65. The first-order valence-electron chi connectivity index (χ1n) is 10.6. The number of carboxylic acids is 1. The van der Waals surface area contributed by atoms with Crippen LogP contribution in [0.2, 0.25) is 0 Å². The maximum atomic E-state index is 12.7. The van der Waals surface area contributed by atoms with E-state index >= 15 is 0 Å². The molecule has 1 atom stereocenters. The molecule has 7 heteroatoms. The third kappa shape index (κ3) is 4.62. The summed E-state index contributed by atoms with van der Waals surface area (Å²) in [5.74, 6) is -0.187. The maximum absolute atomic E-state index is 12.7. The van der Waals surface area contributed by atoms with E-state index in [4.69, 9.17) is 14.2 Å². The molecule has 1 aliphatic rings. The van der Waals surface area contributed by atoms with Crippen LogP contribution in [0, 0.1) is 0 Å². The number of amides is 1. The standard InChI is InChI=1S/C26H25NO6/c1-31-16-11-12-24(32-2)21(13-16)23(14-25(28)29)27-26(30)33-15-22-19-9-5-3-7-17(19)18-8-4-6-10-20(18)22/h3-13,22-23H,14-15H2,1-2H3,(H,27,30)(H,28,29). The summed E-state index contributed by atoms with van der Waals surface area (Å²) in [5, 5.41) is 12.1. The molecule has 3 aromatic carbocycles. The third-order valence-electron chi connectivity index (χ3n) is 5.83. The fraction of sp³-hybridized carbons (Fsp3) is 0.231. The van der Waals surface area contributed by atoms with Crippen LogP contribution in [0.25, 0.3) is 11.1 Å². The average molecular weight is 447 g/mol. The summed E-state index contributed by atoms with van der Waals surface area (Å²) in [4.78, 5) is 24.2. The van der Waals surface area contributed by atoms with E-state index in [1.807, 2.05) is 36.4 Å². The number of alkyl carbamates (subject to hydrolysis) is 1. The fourth-order valence-electron chi connectivity index (χ4n) is 4.31.